The van der Waals surface area contributed by atoms with Gasteiger partial charge in [0.1, 0.15) is 17.2 Å². The number of aromatic nitrogens is 2. The van der Waals surface area contributed by atoms with Crippen molar-refractivity contribution in [3.05, 3.63) is 101 Å². The van der Waals surface area contributed by atoms with Gasteiger partial charge in [-0.25, -0.2) is 4.68 Å². The van der Waals surface area contributed by atoms with Gasteiger partial charge in [0.2, 0.25) is 0 Å². The molecule has 1 saturated heterocycles. The average Bonchev–Trinajstić information content (AvgIpc) is 2.88. The summed E-state index contributed by atoms with van der Waals surface area (Å²) in [6.07, 6.45) is 0. The van der Waals surface area contributed by atoms with Crippen LogP contribution in [0.1, 0.15) is 5.56 Å². The molecule has 0 bridgehead atoms. The zero-order chi connectivity index (χ0) is 24.2. The van der Waals surface area contributed by atoms with Crippen LogP contribution in [0.2, 0.25) is 0 Å². The minimum absolute atomic E-state index is 0.144. The number of hydrogen-bond acceptors (Lipinski definition) is 5. The molecule has 1 aromatic heterocycles. The monoisotopic (exact) mass is 466 g/mol. The van der Waals surface area contributed by atoms with Crippen LogP contribution in [0.25, 0.3) is 22.4 Å². The van der Waals surface area contributed by atoms with Crippen molar-refractivity contribution >= 4 is 0 Å². The molecule has 1 aliphatic rings. The van der Waals surface area contributed by atoms with Crippen molar-refractivity contribution in [1.82, 2.24) is 19.6 Å². The Morgan fingerprint density at radius 1 is 0.800 bits per heavy atom. The molecule has 0 amide bonds. The van der Waals surface area contributed by atoms with E-state index >= 15 is 0 Å². The van der Waals surface area contributed by atoms with E-state index in [2.05, 4.69) is 40.1 Å². The molecular formula is C29H30N4O2. The molecular weight excluding hydrogens is 436 g/mol. The van der Waals surface area contributed by atoms with Crippen molar-refractivity contribution < 1.29 is 4.74 Å². The zero-order valence-electron chi connectivity index (χ0n) is 20.2. The second-order valence-electron chi connectivity index (χ2n) is 9.06. The number of rotatable bonds is 6. The first-order valence-electron chi connectivity index (χ1n) is 12.0. The van der Waals surface area contributed by atoms with E-state index in [0.29, 0.717) is 5.75 Å². The van der Waals surface area contributed by atoms with Gasteiger partial charge in [-0.2, -0.15) is 5.10 Å². The lowest BCUT2D eigenvalue weighted by Gasteiger charge is -2.32. The largest absolute Gasteiger partial charge is 0.457 e. The minimum atomic E-state index is -0.144. The van der Waals surface area contributed by atoms with Gasteiger partial charge in [-0.05, 0) is 48.5 Å². The standard InChI is InChI=1S/C29H30N4O2/c1-31-15-17-33(18-16-31)21-22-9-8-10-23(19-22)26-20-28(34)32(2)30-29(26)25-13-6-7-14-27(25)35-24-11-4-3-5-12-24/h3-14,19-20H,15-18,21H2,1-2H3. The van der Waals surface area contributed by atoms with Crippen molar-refractivity contribution in [2.75, 3.05) is 33.2 Å². The van der Waals surface area contributed by atoms with E-state index in [0.717, 1.165) is 60.9 Å². The van der Waals surface area contributed by atoms with Gasteiger partial charge in [-0.1, -0.05) is 48.5 Å². The van der Waals surface area contributed by atoms with Crippen LogP contribution in [0.4, 0.5) is 0 Å². The highest BCUT2D eigenvalue weighted by Gasteiger charge is 2.18. The Kier molecular flexibility index (Phi) is 6.75. The summed E-state index contributed by atoms with van der Waals surface area (Å²) in [5.74, 6) is 1.44. The predicted molar refractivity (Wildman–Crippen MR) is 140 cm³/mol. The molecule has 6 heteroatoms. The average molecular weight is 467 g/mol. The number of piperazine rings is 1. The Balaban J connectivity index is 1.53. The van der Waals surface area contributed by atoms with Gasteiger partial charge in [0.15, 0.2) is 0 Å². The van der Waals surface area contributed by atoms with E-state index in [4.69, 9.17) is 4.74 Å². The minimum Gasteiger partial charge on any atom is -0.457 e. The summed E-state index contributed by atoms with van der Waals surface area (Å²) in [5, 5.41) is 4.68. The van der Waals surface area contributed by atoms with Gasteiger partial charge in [-0.15, -0.1) is 0 Å². The van der Waals surface area contributed by atoms with Gasteiger partial charge >= 0.3 is 0 Å². The number of para-hydroxylation sites is 2. The normalized spacial score (nSPS) is 14.7. The fourth-order valence-corrected chi connectivity index (χ4v) is 4.43. The van der Waals surface area contributed by atoms with Crippen molar-refractivity contribution in [2.45, 2.75) is 6.54 Å². The number of nitrogens with zero attached hydrogens (tertiary/aromatic N) is 4. The molecule has 2 heterocycles. The first-order chi connectivity index (χ1) is 17.1. The lowest BCUT2D eigenvalue weighted by atomic mass is 9.97. The number of hydrogen-bond donors (Lipinski definition) is 0. The highest BCUT2D eigenvalue weighted by Crippen LogP contribution is 2.37. The van der Waals surface area contributed by atoms with Crippen molar-refractivity contribution in [1.29, 1.82) is 0 Å². The van der Waals surface area contributed by atoms with Crippen molar-refractivity contribution in [3.63, 3.8) is 0 Å². The van der Waals surface area contributed by atoms with Crippen LogP contribution in [0.5, 0.6) is 11.5 Å². The number of aryl methyl sites for hydroxylation is 1. The van der Waals surface area contributed by atoms with E-state index < -0.39 is 0 Å². The van der Waals surface area contributed by atoms with Gasteiger partial charge in [-0.3, -0.25) is 9.69 Å². The molecule has 0 aliphatic carbocycles. The number of likely N-dealkylation sites (N-methyl/N-ethyl adjacent to an activating group) is 1. The van der Waals surface area contributed by atoms with Crippen LogP contribution in [0.3, 0.4) is 0 Å². The Hall–Kier alpha value is -3.74. The third kappa shape index (κ3) is 5.34. The fourth-order valence-electron chi connectivity index (χ4n) is 4.43. The summed E-state index contributed by atoms with van der Waals surface area (Å²) in [6.45, 7) is 5.18. The molecule has 6 nitrogen and oxygen atoms in total. The number of ether oxygens (including phenoxy) is 1. The molecule has 1 aliphatic heterocycles. The molecule has 3 aromatic carbocycles. The lowest BCUT2D eigenvalue weighted by Crippen LogP contribution is -2.43. The molecule has 0 atom stereocenters. The Bertz CT molecular complexity index is 1360. The van der Waals surface area contributed by atoms with Gasteiger partial charge in [0, 0.05) is 57.0 Å². The molecule has 178 valence electrons. The molecule has 5 rings (SSSR count). The molecule has 0 spiro atoms. The summed E-state index contributed by atoms with van der Waals surface area (Å²) in [4.78, 5) is 17.5. The van der Waals surface area contributed by atoms with Gasteiger partial charge < -0.3 is 9.64 Å². The lowest BCUT2D eigenvalue weighted by molar-refractivity contribution is 0.148. The maximum atomic E-state index is 12.7. The van der Waals surface area contributed by atoms with Crippen LogP contribution in [0.15, 0.2) is 89.7 Å². The molecule has 4 aromatic rings. The molecule has 0 unspecified atom stereocenters. The first kappa shape index (κ1) is 23.0. The highest BCUT2D eigenvalue weighted by atomic mass is 16.5. The molecule has 1 fully saturated rings. The van der Waals surface area contributed by atoms with E-state index in [-0.39, 0.29) is 5.56 Å². The van der Waals surface area contributed by atoms with Gasteiger partial charge in [0.25, 0.3) is 5.56 Å². The Labute approximate surface area is 206 Å². The summed E-state index contributed by atoms with van der Waals surface area (Å²) in [5.41, 5.74) is 4.42. The first-order valence-corrected chi connectivity index (χ1v) is 12.0. The highest BCUT2D eigenvalue weighted by molar-refractivity contribution is 5.83. The summed E-state index contributed by atoms with van der Waals surface area (Å²) in [7, 11) is 3.85. The van der Waals surface area contributed by atoms with Crippen LogP contribution in [-0.4, -0.2) is 52.8 Å². The summed E-state index contributed by atoms with van der Waals surface area (Å²) < 4.78 is 7.60. The molecule has 0 saturated carbocycles. The molecule has 0 N–H and O–H groups in total. The third-order valence-corrected chi connectivity index (χ3v) is 6.45. The maximum absolute atomic E-state index is 12.7. The van der Waals surface area contributed by atoms with Crippen LogP contribution < -0.4 is 10.3 Å². The van der Waals surface area contributed by atoms with Crippen LogP contribution in [-0.2, 0) is 13.6 Å². The molecule has 0 radical (unpaired) electrons. The van der Waals surface area contributed by atoms with Crippen LogP contribution in [0, 0.1) is 0 Å². The third-order valence-electron chi connectivity index (χ3n) is 6.45. The SMILES string of the molecule is CN1CCN(Cc2cccc(-c3cc(=O)n(C)nc3-c3ccccc3Oc3ccccc3)c2)CC1. The predicted octanol–water partition coefficient (Wildman–Crippen LogP) is 4.65. The van der Waals surface area contributed by atoms with Crippen molar-refractivity contribution in [3.8, 4) is 33.9 Å². The molecule has 35 heavy (non-hydrogen) atoms. The summed E-state index contributed by atoms with van der Waals surface area (Å²) in [6, 6.07) is 27.7. The van der Waals surface area contributed by atoms with Crippen molar-refractivity contribution in [2.24, 2.45) is 7.05 Å². The van der Waals surface area contributed by atoms with E-state index in [1.165, 1.54) is 10.2 Å². The van der Waals surface area contributed by atoms with E-state index in [1.54, 1.807) is 13.1 Å². The van der Waals surface area contributed by atoms with Crippen LogP contribution >= 0.6 is 0 Å². The quantitative estimate of drug-likeness (QED) is 0.414. The Morgan fingerprint density at radius 3 is 2.34 bits per heavy atom. The maximum Gasteiger partial charge on any atom is 0.267 e. The smallest absolute Gasteiger partial charge is 0.267 e. The van der Waals surface area contributed by atoms with Gasteiger partial charge in [0.05, 0.1) is 0 Å². The summed E-state index contributed by atoms with van der Waals surface area (Å²) >= 11 is 0. The fraction of sp³-hybridized carbons (Fsp3) is 0.241. The van der Waals surface area contributed by atoms with E-state index in [9.17, 15) is 4.79 Å². The Morgan fingerprint density at radius 2 is 1.54 bits per heavy atom. The second kappa shape index (κ2) is 10.3. The van der Waals surface area contributed by atoms with E-state index in [1.807, 2.05) is 60.7 Å². The number of benzene rings is 3. The second-order valence-corrected chi connectivity index (χ2v) is 9.06. The topological polar surface area (TPSA) is 50.6 Å². The zero-order valence-corrected chi connectivity index (χ0v) is 20.2.